The zero-order valence-electron chi connectivity index (χ0n) is 9.37. The summed E-state index contributed by atoms with van der Waals surface area (Å²) in [5, 5.41) is 0.139. The number of carbonyl (C=O) groups is 1. The number of hydrogen-bond acceptors (Lipinski definition) is 3. The van der Waals surface area contributed by atoms with Crippen molar-refractivity contribution in [1.82, 2.24) is 4.98 Å². The zero-order chi connectivity index (χ0) is 11.9. The van der Waals surface area contributed by atoms with Crippen LogP contribution in [0.3, 0.4) is 0 Å². The zero-order valence-corrected chi connectivity index (χ0v) is 10.2. The van der Waals surface area contributed by atoms with Crippen molar-refractivity contribution in [1.29, 1.82) is 0 Å². The molecule has 0 bridgehead atoms. The van der Waals surface area contributed by atoms with Gasteiger partial charge in [0.2, 0.25) is 5.12 Å². The van der Waals surface area contributed by atoms with Gasteiger partial charge in [0, 0.05) is 23.7 Å². The molecule has 0 fully saturated rings. The van der Waals surface area contributed by atoms with E-state index in [0.29, 0.717) is 0 Å². The summed E-state index contributed by atoms with van der Waals surface area (Å²) < 4.78 is 0. The summed E-state index contributed by atoms with van der Waals surface area (Å²) in [6, 6.07) is 13.3. The van der Waals surface area contributed by atoms with E-state index in [4.69, 9.17) is 0 Å². The van der Waals surface area contributed by atoms with E-state index in [2.05, 4.69) is 4.98 Å². The van der Waals surface area contributed by atoms with Gasteiger partial charge in [-0.3, -0.25) is 9.78 Å². The summed E-state index contributed by atoms with van der Waals surface area (Å²) in [4.78, 5) is 15.7. The first kappa shape index (κ1) is 11.9. The average molecular weight is 243 g/mol. The van der Waals surface area contributed by atoms with Crippen LogP contribution in [0.4, 0.5) is 0 Å². The van der Waals surface area contributed by atoms with E-state index in [1.54, 1.807) is 12.4 Å². The van der Waals surface area contributed by atoms with Crippen LogP contribution in [0.2, 0.25) is 0 Å². The molecule has 0 spiro atoms. The number of pyridine rings is 1. The Balaban J connectivity index is 1.82. The summed E-state index contributed by atoms with van der Waals surface area (Å²) in [5.41, 5.74) is 1.99. The molecule has 1 aromatic heterocycles. The number of thioether (sulfide) groups is 1. The molecule has 0 aliphatic rings. The second-order valence-corrected chi connectivity index (χ2v) is 4.68. The van der Waals surface area contributed by atoms with Gasteiger partial charge in [0.1, 0.15) is 0 Å². The van der Waals surface area contributed by atoms with Gasteiger partial charge in [-0.2, -0.15) is 0 Å². The van der Waals surface area contributed by atoms with Crippen LogP contribution in [0.1, 0.15) is 15.9 Å². The predicted molar refractivity (Wildman–Crippen MR) is 71.2 cm³/mol. The molecular formula is C14H13NOS. The van der Waals surface area contributed by atoms with Gasteiger partial charge < -0.3 is 0 Å². The standard InChI is InChI=1S/C14H13NOS/c16-14(13-4-2-1-3-5-13)17-11-8-12-6-9-15-10-7-12/h1-7,9-10H,8,11H2. The summed E-state index contributed by atoms with van der Waals surface area (Å²) >= 11 is 1.37. The Kier molecular flexibility index (Phi) is 4.33. The molecule has 2 aromatic rings. The lowest BCUT2D eigenvalue weighted by atomic mass is 10.2. The summed E-state index contributed by atoms with van der Waals surface area (Å²) in [7, 11) is 0. The van der Waals surface area contributed by atoms with Gasteiger partial charge in [-0.25, -0.2) is 0 Å². The van der Waals surface area contributed by atoms with E-state index in [0.717, 1.165) is 17.7 Å². The molecule has 0 saturated heterocycles. The Morgan fingerprint density at radius 3 is 2.47 bits per heavy atom. The minimum Gasteiger partial charge on any atom is -0.282 e. The van der Waals surface area contributed by atoms with E-state index < -0.39 is 0 Å². The highest BCUT2D eigenvalue weighted by Gasteiger charge is 2.05. The molecule has 0 unspecified atom stereocenters. The van der Waals surface area contributed by atoms with E-state index in [1.807, 2.05) is 42.5 Å². The van der Waals surface area contributed by atoms with Gasteiger partial charge in [-0.05, 0) is 24.1 Å². The molecular weight excluding hydrogens is 230 g/mol. The highest BCUT2D eigenvalue weighted by molar-refractivity contribution is 8.14. The van der Waals surface area contributed by atoms with Crippen molar-refractivity contribution >= 4 is 16.9 Å². The van der Waals surface area contributed by atoms with Gasteiger partial charge in [0.15, 0.2) is 0 Å². The van der Waals surface area contributed by atoms with Gasteiger partial charge in [0.25, 0.3) is 0 Å². The predicted octanol–water partition coefficient (Wildman–Crippen LogP) is 3.20. The smallest absolute Gasteiger partial charge is 0.219 e. The number of aromatic nitrogens is 1. The third-order valence-corrected chi connectivity index (χ3v) is 3.29. The minimum absolute atomic E-state index is 0.139. The quantitative estimate of drug-likeness (QED) is 0.826. The minimum atomic E-state index is 0.139. The molecule has 86 valence electrons. The molecule has 0 amide bonds. The molecule has 3 heteroatoms. The van der Waals surface area contributed by atoms with Crippen LogP contribution in [0, 0.1) is 0 Å². The maximum absolute atomic E-state index is 11.8. The number of aryl methyl sites for hydroxylation is 1. The number of nitrogens with zero attached hydrogens (tertiary/aromatic N) is 1. The lowest BCUT2D eigenvalue weighted by molar-refractivity contribution is 0.108. The second-order valence-electron chi connectivity index (χ2n) is 3.61. The Hall–Kier alpha value is -1.61. The fourth-order valence-electron chi connectivity index (χ4n) is 1.47. The number of benzene rings is 1. The second kappa shape index (κ2) is 6.21. The third-order valence-electron chi connectivity index (χ3n) is 2.38. The Morgan fingerprint density at radius 2 is 1.76 bits per heavy atom. The summed E-state index contributed by atoms with van der Waals surface area (Å²) in [6.45, 7) is 0. The van der Waals surface area contributed by atoms with Crippen LogP contribution in [-0.4, -0.2) is 15.9 Å². The number of rotatable bonds is 4. The molecule has 0 aliphatic heterocycles. The molecule has 2 nitrogen and oxygen atoms in total. The van der Waals surface area contributed by atoms with Gasteiger partial charge >= 0.3 is 0 Å². The summed E-state index contributed by atoms with van der Waals surface area (Å²) in [6.07, 6.45) is 4.45. The molecule has 0 aliphatic carbocycles. The molecule has 0 saturated carbocycles. The highest BCUT2D eigenvalue weighted by Crippen LogP contribution is 2.13. The first-order valence-electron chi connectivity index (χ1n) is 5.47. The topological polar surface area (TPSA) is 30.0 Å². The van der Waals surface area contributed by atoms with Crippen molar-refractivity contribution in [3.05, 3.63) is 66.0 Å². The lowest BCUT2D eigenvalue weighted by Gasteiger charge is -2.01. The number of carbonyl (C=O) groups excluding carboxylic acids is 1. The lowest BCUT2D eigenvalue weighted by Crippen LogP contribution is -1.96. The molecule has 0 N–H and O–H groups in total. The number of hydrogen-bond donors (Lipinski definition) is 0. The SMILES string of the molecule is O=C(SCCc1ccncc1)c1ccccc1. The highest BCUT2D eigenvalue weighted by atomic mass is 32.2. The van der Waals surface area contributed by atoms with Crippen molar-refractivity contribution in [2.75, 3.05) is 5.75 Å². The van der Waals surface area contributed by atoms with E-state index in [9.17, 15) is 4.79 Å². The molecule has 17 heavy (non-hydrogen) atoms. The first-order chi connectivity index (χ1) is 8.36. The molecule has 1 heterocycles. The van der Waals surface area contributed by atoms with Gasteiger partial charge in [0.05, 0.1) is 0 Å². The fourth-order valence-corrected chi connectivity index (χ4v) is 2.29. The van der Waals surface area contributed by atoms with Crippen LogP contribution < -0.4 is 0 Å². The molecule has 0 radical (unpaired) electrons. The fraction of sp³-hybridized carbons (Fsp3) is 0.143. The average Bonchev–Trinajstić information content (AvgIpc) is 2.41. The van der Waals surface area contributed by atoms with Crippen LogP contribution in [0.15, 0.2) is 54.9 Å². The monoisotopic (exact) mass is 243 g/mol. The first-order valence-corrected chi connectivity index (χ1v) is 6.46. The van der Waals surface area contributed by atoms with Crippen molar-refractivity contribution in [3.63, 3.8) is 0 Å². The maximum atomic E-state index is 11.8. The summed E-state index contributed by atoms with van der Waals surface area (Å²) in [5.74, 6) is 0.803. The van der Waals surface area contributed by atoms with Gasteiger partial charge in [-0.15, -0.1) is 0 Å². The van der Waals surface area contributed by atoms with E-state index >= 15 is 0 Å². The van der Waals surface area contributed by atoms with Crippen molar-refractivity contribution < 1.29 is 4.79 Å². The Bertz CT molecular complexity index is 470. The third kappa shape index (κ3) is 3.71. The van der Waals surface area contributed by atoms with E-state index in [-0.39, 0.29) is 5.12 Å². The Morgan fingerprint density at radius 1 is 1.06 bits per heavy atom. The molecule has 0 atom stereocenters. The van der Waals surface area contributed by atoms with Crippen molar-refractivity contribution in [3.8, 4) is 0 Å². The van der Waals surface area contributed by atoms with Crippen LogP contribution in [-0.2, 0) is 6.42 Å². The Labute approximate surface area is 105 Å². The van der Waals surface area contributed by atoms with E-state index in [1.165, 1.54) is 17.3 Å². The van der Waals surface area contributed by atoms with Crippen LogP contribution >= 0.6 is 11.8 Å². The molecule has 1 aromatic carbocycles. The maximum Gasteiger partial charge on any atom is 0.219 e. The van der Waals surface area contributed by atoms with Crippen LogP contribution in [0.5, 0.6) is 0 Å². The largest absolute Gasteiger partial charge is 0.282 e. The van der Waals surface area contributed by atoms with Crippen molar-refractivity contribution in [2.24, 2.45) is 0 Å². The van der Waals surface area contributed by atoms with Gasteiger partial charge in [-0.1, -0.05) is 42.1 Å². The van der Waals surface area contributed by atoms with Crippen LogP contribution in [0.25, 0.3) is 0 Å². The van der Waals surface area contributed by atoms with Crippen molar-refractivity contribution in [2.45, 2.75) is 6.42 Å². The molecule has 2 rings (SSSR count). The normalized spacial score (nSPS) is 10.1.